The Bertz CT molecular complexity index is 828. The van der Waals surface area contributed by atoms with Crippen LogP contribution in [0, 0.1) is 19.8 Å². The normalized spacial score (nSPS) is 14.9. The number of hydrogen-bond donors (Lipinski definition) is 0. The third-order valence-electron chi connectivity index (χ3n) is 5.88. The van der Waals surface area contributed by atoms with Crippen molar-refractivity contribution >= 4 is 5.91 Å². The van der Waals surface area contributed by atoms with Gasteiger partial charge in [-0.05, 0) is 43.9 Å². The lowest BCUT2D eigenvalue weighted by Gasteiger charge is -2.28. The summed E-state index contributed by atoms with van der Waals surface area (Å²) in [6.45, 7) is 15.3. The number of carbonyl (C=O) groups is 1. The zero-order valence-electron chi connectivity index (χ0n) is 19.5. The molecule has 1 aliphatic rings. The number of ether oxygens (including phenoxy) is 1. The first-order valence-electron chi connectivity index (χ1n) is 11.4. The highest BCUT2D eigenvalue weighted by Crippen LogP contribution is 2.17. The summed E-state index contributed by atoms with van der Waals surface area (Å²) >= 11 is 0. The number of amides is 1. The number of rotatable bonds is 10. The van der Waals surface area contributed by atoms with E-state index in [-0.39, 0.29) is 5.91 Å². The molecular weight excluding hydrogens is 390 g/mol. The smallest absolute Gasteiger partial charge is 0.227 e. The molecule has 0 radical (unpaired) electrons. The maximum Gasteiger partial charge on any atom is 0.227 e. The van der Waals surface area contributed by atoms with Gasteiger partial charge in [0.15, 0.2) is 0 Å². The topological polar surface area (TPSA) is 63.5 Å². The van der Waals surface area contributed by atoms with Gasteiger partial charge in [0.05, 0.1) is 25.3 Å². The molecule has 3 heterocycles. The summed E-state index contributed by atoms with van der Waals surface area (Å²) in [6, 6.07) is 3.97. The first-order valence-corrected chi connectivity index (χ1v) is 11.4. The van der Waals surface area contributed by atoms with Gasteiger partial charge in [-0.3, -0.25) is 19.4 Å². The van der Waals surface area contributed by atoms with Crippen LogP contribution in [0.2, 0.25) is 0 Å². The fourth-order valence-electron chi connectivity index (χ4n) is 4.09. The van der Waals surface area contributed by atoms with Crippen molar-refractivity contribution in [3.8, 4) is 0 Å². The Morgan fingerprint density at radius 1 is 1.19 bits per heavy atom. The van der Waals surface area contributed by atoms with Crippen LogP contribution in [0.5, 0.6) is 0 Å². The molecule has 1 fully saturated rings. The number of carbonyl (C=O) groups excluding carboxylic acids is 1. The molecule has 0 aliphatic carbocycles. The lowest BCUT2D eigenvalue weighted by Crippen LogP contribution is -2.39. The molecule has 0 N–H and O–H groups in total. The molecule has 7 heteroatoms. The van der Waals surface area contributed by atoms with Crippen molar-refractivity contribution in [1.29, 1.82) is 0 Å². The third-order valence-corrected chi connectivity index (χ3v) is 5.88. The van der Waals surface area contributed by atoms with Gasteiger partial charge in [0.1, 0.15) is 0 Å². The van der Waals surface area contributed by atoms with Gasteiger partial charge in [0, 0.05) is 62.9 Å². The van der Waals surface area contributed by atoms with E-state index < -0.39 is 0 Å². The molecule has 1 amide bonds. The molecule has 0 bridgehead atoms. The summed E-state index contributed by atoms with van der Waals surface area (Å²) in [7, 11) is 0. The third kappa shape index (κ3) is 6.87. The first-order chi connectivity index (χ1) is 14.9. The molecule has 7 nitrogen and oxygen atoms in total. The monoisotopic (exact) mass is 427 g/mol. The van der Waals surface area contributed by atoms with E-state index in [2.05, 4.69) is 35.8 Å². The van der Waals surface area contributed by atoms with Crippen molar-refractivity contribution in [3.05, 3.63) is 47.0 Å². The molecule has 170 valence electrons. The predicted octanol–water partition coefficient (Wildman–Crippen LogP) is 2.84. The van der Waals surface area contributed by atoms with Crippen molar-refractivity contribution in [2.24, 2.45) is 5.92 Å². The van der Waals surface area contributed by atoms with E-state index in [1.54, 1.807) is 12.4 Å². The fraction of sp³-hybridized carbons (Fsp3) is 0.625. The van der Waals surface area contributed by atoms with Crippen LogP contribution in [0.4, 0.5) is 0 Å². The van der Waals surface area contributed by atoms with Gasteiger partial charge in [-0.2, -0.15) is 5.10 Å². The number of nitrogens with zero attached hydrogens (tertiary/aromatic N) is 5. The van der Waals surface area contributed by atoms with Gasteiger partial charge in [-0.25, -0.2) is 0 Å². The van der Waals surface area contributed by atoms with E-state index in [4.69, 9.17) is 4.74 Å². The molecule has 0 aromatic carbocycles. The van der Waals surface area contributed by atoms with Gasteiger partial charge in [0.2, 0.25) is 5.91 Å². The maximum absolute atomic E-state index is 13.4. The summed E-state index contributed by atoms with van der Waals surface area (Å²) < 4.78 is 7.49. The molecule has 0 saturated carbocycles. The Labute approximate surface area is 186 Å². The zero-order chi connectivity index (χ0) is 22.2. The average Bonchev–Trinajstić information content (AvgIpc) is 3.01. The van der Waals surface area contributed by atoms with Crippen LogP contribution in [0.15, 0.2) is 24.5 Å². The molecule has 1 aliphatic heterocycles. The largest absolute Gasteiger partial charge is 0.379 e. The highest BCUT2D eigenvalue weighted by Gasteiger charge is 2.20. The van der Waals surface area contributed by atoms with Gasteiger partial charge in [-0.15, -0.1) is 0 Å². The quantitative estimate of drug-likeness (QED) is 0.583. The molecule has 0 atom stereocenters. The van der Waals surface area contributed by atoms with Crippen molar-refractivity contribution < 1.29 is 9.53 Å². The second kappa shape index (κ2) is 11.4. The lowest BCUT2D eigenvalue weighted by atomic mass is 10.1. The van der Waals surface area contributed by atoms with Crippen molar-refractivity contribution in [1.82, 2.24) is 24.6 Å². The summed E-state index contributed by atoms with van der Waals surface area (Å²) in [5.41, 5.74) is 4.25. The summed E-state index contributed by atoms with van der Waals surface area (Å²) in [4.78, 5) is 21.9. The number of pyridine rings is 1. The lowest BCUT2D eigenvalue weighted by molar-refractivity contribution is -0.131. The minimum Gasteiger partial charge on any atom is -0.379 e. The minimum atomic E-state index is 0.161. The number of morpholine rings is 1. The molecule has 1 saturated heterocycles. The van der Waals surface area contributed by atoms with Crippen LogP contribution in [-0.4, -0.2) is 69.9 Å². The highest BCUT2D eigenvalue weighted by atomic mass is 16.5. The van der Waals surface area contributed by atoms with E-state index in [1.807, 2.05) is 28.6 Å². The van der Waals surface area contributed by atoms with Gasteiger partial charge in [0.25, 0.3) is 0 Å². The van der Waals surface area contributed by atoms with Crippen LogP contribution < -0.4 is 0 Å². The van der Waals surface area contributed by atoms with Crippen LogP contribution in [0.3, 0.4) is 0 Å². The van der Waals surface area contributed by atoms with E-state index in [9.17, 15) is 4.79 Å². The van der Waals surface area contributed by atoms with Crippen molar-refractivity contribution in [2.75, 3.05) is 39.4 Å². The molecule has 31 heavy (non-hydrogen) atoms. The van der Waals surface area contributed by atoms with Gasteiger partial charge >= 0.3 is 0 Å². The van der Waals surface area contributed by atoms with Gasteiger partial charge in [-0.1, -0.05) is 13.8 Å². The maximum atomic E-state index is 13.4. The summed E-state index contributed by atoms with van der Waals surface area (Å²) in [5, 5.41) is 4.69. The average molecular weight is 428 g/mol. The predicted molar refractivity (Wildman–Crippen MR) is 122 cm³/mol. The second-order valence-corrected chi connectivity index (χ2v) is 8.88. The van der Waals surface area contributed by atoms with Crippen molar-refractivity contribution in [2.45, 2.75) is 53.6 Å². The number of aromatic nitrogens is 3. The van der Waals surface area contributed by atoms with Crippen LogP contribution in [0.25, 0.3) is 0 Å². The molecule has 2 aromatic heterocycles. The van der Waals surface area contributed by atoms with E-state index in [1.165, 1.54) is 0 Å². The Morgan fingerprint density at radius 2 is 1.90 bits per heavy atom. The standard InChI is InChI=1S/C24H37N5O2/c1-19(2)17-29-21(4)23(20(3)26-29)16-24(30)28(18-22-6-8-25-9-7-22)11-5-10-27-12-14-31-15-13-27/h6-9,19H,5,10-18H2,1-4H3. The second-order valence-electron chi connectivity index (χ2n) is 8.88. The van der Waals surface area contributed by atoms with Crippen LogP contribution >= 0.6 is 0 Å². The van der Waals surface area contributed by atoms with Crippen LogP contribution in [-0.2, 0) is 29.0 Å². The SMILES string of the molecule is Cc1nn(CC(C)C)c(C)c1CC(=O)N(CCCN1CCOCC1)Cc1ccncc1. The summed E-state index contributed by atoms with van der Waals surface area (Å²) in [5.74, 6) is 0.680. The molecule has 2 aromatic rings. The number of hydrogen-bond acceptors (Lipinski definition) is 5. The Hall–Kier alpha value is -2.25. The van der Waals surface area contributed by atoms with E-state index in [0.29, 0.717) is 18.9 Å². The minimum absolute atomic E-state index is 0.161. The Morgan fingerprint density at radius 3 is 2.58 bits per heavy atom. The molecule has 3 rings (SSSR count). The van der Waals surface area contributed by atoms with E-state index in [0.717, 1.165) is 74.9 Å². The summed E-state index contributed by atoms with van der Waals surface area (Å²) in [6.07, 6.45) is 4.94. The van der Waals surface area contributed by atoms with Crippen LogP contribution in [0.1, 0.15) is 42.8 Å². The van der Waals surface area contributed by atoms with E-state index >= 15 is 0 Å². The Balaban J connectivity index is 1.67. The first kappa shape index (κ1) is 23.4. The molecule has 0 spiro atoms. The number of aryl methyl sites for hydroxylation is 1. The van der Waals surface area contributed by atoms with Crippen molar-refractivity contribution in [3.63, 3.8) is 0 Å². The Kier molecular flexibility index (Phi) is 8.60. The molecular formula is C24H37N5O2. The highest BCUT2D eigenvalue weighted by molar-refractivity contribution is 5.79. The fourth-order valence-corrected chi connectivity index (χ4v) is 4.09. The zero-order valence-corrected chi connectivity index (χ0v) is 19.5. The molecule has 0 unspecified atom stereocenters. The van der Waals surface area contributed by atoms with Gasteiger partial charge < -0.3 is 9.64 Å².